The molecule has 0 saturated heterocycles. The molecular weight excluding hydrogens is 439 g/mol. The molecule has 0 amide bonds. The van der Waals surface area contributed by atoms with Crippen LogP contribution >= 0.6 is 35.6 Å². The number of rotatable bonds is 8. The van der Waals surface area contributed by atoms with E-state index in [1.165, 1.54) is 12.8 Å². The Morgan fingerprint density at radius 3 is 2.71 bits per heavy atom. The van der Waals surface area contributed by atoms with E-state index in [1.807, 2.05) is 33.3 Å². The van der Waals surface area contributed by atoms with Gasteiger partial charge in [0.25, 0.3) is 0 Å². The third-order valence-corrected chi connectivity index (χ3v) is 4.81. The number of halogens is 2. The van der Waals surface area contributed by atoms with E-state index in [4.69, 9.17) is 16.3 Å². The van der Waals surface area contributed by atoms with Gasteiger partial charge in [0.2, 0.25) is 0 Å². The van der Waals surface area contributed by atoms with Crippen LogP contribution in [-0.4, -0.2) is 49.3 Å². The van der Waals surface area contributed by atoms with Crippen LogP contribution in [0.15, 0.2) is 17.3 Å². The van der Waals surface area contributed by atoms with Crippen molar-refractivity contribution >= 4 is 41.5 Å². The smallest absolute Gasteiger partial charge is 0.193 e. The number of nitrogens with one attached hydrogen (secondary N) is 1. The second-order valence-electron chi connectivity index (χ2n) is 6.46. The fraction of sp³-hybridized carbons (Fsp3) is 0.706. The molecule has 7 heteroatoms. The number of aliphatic imine (C=N–C) groups is 1. The molecule has 0 atom stereocenters. The predicted molar refractivity (Wildman–Crippen MR) is 111 cm³/mol. The summed E-state index contributed by atoms with van der Waals surface area (Å²) in [6.07, 6.45) is 5.61. The minimum Gasteiger partial charge on any atom is -0.382 e. The Bertz CT molecular complexity index is 543. The highest BCUT2D eigenvalue weighted by Crippen LogP contribution is 2.48. The molecule has 1 fully saturated rings. The Labute approximate surface area is 167 Å². The Morgan fingerprint density at radius 1 is 1.50 bits per heavy atom. The molecule has 1 aliphatic carbocycles. The van der Waals surface area contributed by atoms with Gasteiger partial charge in [-0.2, -0.15) is 0 Å². The number of hydrogen-bond donors (Lipinski definition) is 1. The SMILES string of the molecule is CCOCCC1(CNC(=NC)N(C)Cc2cc(Cl)cn2C)CC1.I. The molecule has 0 spiro atoms. The lowest BCUT2D eigenvalue weighted by Gasteiger charge is -2.25. The van der Waals surface area contributed by atoms with Gasteiger partial charge in [-0.1, -0.05) is 11.6 Å². The van der Waals surface area contributed by atoms with Crippen molar-refractivity contribution < 1.29 is 4.74 Å². The van der Waals surface area contributed by atoms with E-state index in [2.05, 4.69) is 26.8 Å². The average molecular weight is 469 g/mol. The first-order chi connectivity index (χ1) is 11.0. The molecule has 0 bridgehead atoms. The summed E-state index contributed by atoms with van der Waals surface area (Å²) < 4.78 is 7.55. The van der Waals surface area contributed by atoms with Crippen LogP contribution in [0.1, 0.15) is 31.9 Å². The molecule has 1 saturated carbocycles. The third kappa shape index (κ3) is 6.11. The zero-order valence-corrected chi connectivity index (χ0v) is 18.2. The monoisotopic (exact) mass is 468 g/mol. The molecule has 1 aromatic rings. The highest BCUT2D eigenvalue weighted by molar-refractivity contribution is 14.0. The number of nitrogens with zero attached hydrogens (tertiary/aromatic N) is 3. The van der Waals surface area contributed by atoms with Gasteiger partial charge in [-0.25, -0.2) is 0 Å². The molecule has 0 aliphatic heterocycles. The summed E-state index contributed by atoms with van der Waals surface area (Å²) in [5.41, 5.74) is 1.57. The predicted octanol–water partition coefficient (Wildman–Crippen LogP) is 3.51. The second kappa shape index (κ2) is 9.87. The van der Waals surface area contributed by atoms with Gasteiger partial charge in [0.05, 0.1) is 11.6 Å². The van der Waals surface area contributed by atoms with E-state index in [0.717, 1.165) is 49.4 Å². The summed E-state index contributed by atoms with van der Waals surface area (Å²) in [4.78, 5) is 6.54. The number of hydrogen-bond acceptors (Lipinski definition) is 2. The van der Waals surface area contributed by atoms with Crippen molar-refractivity contribution in [1.82, 2.24) is 14.8 Å². The van der Waals surface area contributed by atoms with Gasteiger partial charge in [0.15, 0.2) is 5.96 Å². The van der Waals surface area contributed by atoms with Gasteiger partial charge in [-0.05, 0) is 37.7 Å². The van der Waals surface area contributed by atoms with Gasteiger partial charge in [0, 0.05) is 52.8 Å². The molecule has 0 radical (unpaired) electrons. The maximum atomic E-state index is 6.06. The van der Waals surface area contributed by atoms with E-state index in [1.54, 1.807) is 0 Å². The molecule has 0 aromatic carbocycles. The van der Waals surface area contributed by atoms with Gasteiger partial charge in [-0.15, -0.1) is 24.0 Å². The molecule has 5 nitrogen and oxygen atoms in total. The number of aromatic nitrogens is 1. The van der Waals surface area contributed by atoms with Crippen LogP contribution < -0.4 is 5.32 Å². The van der Waals surface area contributed by atoms with Crippen molar-refractivity contribution in [3.05, 3.63) is 23.0 Å². The summed E-state index contributed by atoms with van der Waals surface area (Å²) >= 11 is 6.06. The molecule has 1 N–H and O–H groups in total. The summed E-state index contributed by atoms with van der Waals surface area (Å²) in [6, 6.07) is 2.00. The van der Waals surface area contributed by atoms with Crippen LogP contribution in [0.2, 0.25) is 5.02 Å². The summed E-state index contributed by atoms with van der Waals surface area (Å²) in [5.74, 6) is 0.921. The van der Waals surface area contributed by atoms with Gasteiger partial charge in [0.1, 0.15) is 0 Å². The lowest BCUT2D eigenvalue weighted by Crippen LogP contribution is -2.41. The fourth-order valence-corrected chi connectivity index (χ4v) is 3.09. The molecule has 2 rings (SSSR count). The van der Waals surface area contributed by atoms with E-state index >= 15 is 0 Å². The van der Waals surface area contributed by atoms with Crippen LogP contribution in [0.25, 0.3) is 0 Å². The summed E-state index contributed by atoms with van der Waals surface area (Å²) in [7, 11) is 5.89. The first-order valence-electron chi connectivity index (χ1n) is 8.30. The van der Waals surface area contributed by atoms with Crippen LogP contribution in [0.5, 0.6) is 0 Å². The van der Waals surface area contributed by atoms with E-state index < -0.39 is 0 Å². The number of ether oxygens (including phenoxy) is 1. The summed E-state index contributed by atoms with van der Waals surface area (Å²) in [5, 5.41) is 4.29. The highest BCUT2D eigenvalue weighted by Gasteiger charge is 2.42. The largest absolute Gasteiger partial charge is 0.382 e. The molecular formula is C17H30ClIN4O. The average Bonchev–Trinajstić information content (AvgIpc) is 3.20. The maximum Gasteiger partial charge on any atom is 0.193 e. The van der Waals surface area contributed by atoms with Gasteiger partial charge >= 0.3 is 0 Å². The molecule has 1 aliphatic rings. The highest BCUT2D eigenvalue weighted by atomic mass is 127. The van der Waals surface area contributed by atoms with E-state index in [9.17, 15) is 0 Å². The van der Waals surface area contributed by atoms with Crippen molar-refractivity contribution in [2.75, 3.05) is 33.9 Å². The Kier molecular flexibility index (Phi) is 8.87. The molecule has 138 valence electrons. The molecule has 0 unspecified atom stereocenters. The normalized spacial score (nSPS) is 15.8. The van der Waals surface area contributed by atoms with E-state index in [-0.39, 0.29) is 24.0 Å². The van der Waals surface area contributed by atoms with Crippen molar-refractivity contribution in [2.24, 2.45) is 17.5 Å². The van der Waals surface area contributed by atoms with Crippen molar-refractivity contribution in [2.45, 2.75) is 32.7 Å². The Hall–Kier alpha value is -0.470. The number of aryl methyl sites for hydroxylation is 1. The van der Waals surface area contributed by atoms with Crippen molar-refractivity contribution in [1.29, 1.82) is 0 Å². The van der Waals surface area contributed by atoms with E-state index in [0.29, 0.717) is 5.41 Å². The lowest BCUT2D eigenvalue weighted by molar-refractivity contribution is 0.128. The second-order valence-corrected chi connectivity index (χ2v) is 6.90. The van der Waals surface area contributed by atoms with Crippen LogP contribution in [0.3, 0.4) is 0 Å². The zero-order chi connectivity index (χ0) is 16.9. The van der Waals surface area contributed by atoms with Gasteiger partial charge < -0.3 is 19.5 Å². The number of guanidine groups is 1. The standard InChI is InChI=1S/C17H29ClN4O.HI/c1-5-23-9-8-17(6-7-17)13-20-16(19-2)22(4)12-15-10-14(18)11-21(15)3;/h10-11H,5-9,12-13H2,1-4H3,(H,19,20);1H. The van der Waals surface area contributed by atoms with Crippen molar-refractivity contribution in [3.63, 3.8) is 0 Å². The third-order valence-electron chi connectivity index (χ3n) is 4.61. The van der Waals surface area contributed by atoms with Crippen LogP contribution in [0.4, 0.5) is 0 Å². The minimum atomic E-state index is 0. The topological polar surface area (TPSA) is 41.8 Å². The van der Waals surface area contributed by atoms with Crippen LogP contribution in [0, 0.1) is 5.41 Å². The Morgan fingerprint density at radius 2 is 2.21 bits per heavy atom. The Balaban J connectivity index is 0.00000288. The minimum absolute atomic E-state index is 0. The fourth-order valence-electron chi connectivity index (χ4n) is 2.82. The first kappa shape index (κ1) is 21.6. The molecule has 24 heavy (non-hydrogen) atoms. The molecule has 1 heterocycles. The van der Waals surface area contributed by atoms with Crippen molar-refractivity contribution in [3.8, 4) is 0 Å². The molecule has 1 aromatic heterocycles. The first-order valence-corrected chi connectivity index (χ1v) is 8.68. The van der Waals surface area contributed by atoms with Crippen LogP contribution in [-0.2, 0) is 18.3 Å². The quantitative estimate of drug-likeness (QED) is 0.275. The zero-order valence-electron chi connectivity index (χ0n) is 15.1. The maximum absolute atomic E-state index is 6.06. The summed E-state index contributed by atoms with van der Waals surface area (Å²) in [6.45, 7) is 5.44. The lowest BCUT2D eigenvalue weighted by atomic mass is 10.0. The van der Waals surface area contributed by atoms with Gasteiger partial charge in [-0.3, -0.25) is 4.99 Å².